The topological polar surface area (TPSA) is 33.6 Å². The predicted octanol–water partition coefficient (Wildman–Crippen LogP) is 4.36. The molecule has 0 saturated heterocycles. The van der Waals surface area contributed by atoms with E-state index in [-0.39, 0.29) is 6.04 Å². The number of rotatable bonds is 2. The van der Waals surface area contributed by atoms with Crippen molar-refractivity contribution in [3.63, 3.8) is 0 Å². The monoisotopic (exact) mass is 289 g/mol. The van der Waals surface area contributed by atoms with Gasteiger partial charge in [0.1, 0.15) is 0 Å². The van der Waals surface area contributed by atoms with Crippen molar-refractivity contribution in [2.75, 3.05) is 0 Å². The molecule has 0 amide bonds. The minimum absolute atomic E-state index is 0.128. The molecule has 3 rings (SSSR count). The number of imidazole rings is 1. The van der Waals surface area contributed by atoms with Crippen LogP contribution >= 0.6 is 23.8 Å². The van der Waals surface area contributed by atoms with E-state index in [4.69, 9.17) is 23.8 Å². The van der Waals surface area contributed by atoms with Crippen molar-refractivity contribution in [2.24, 2.45) is 0 Å². The summed E-state index contributed by atoms with van der Waals surface area (Å²) in [4.78, 5) is 7.25. The Morgan fingerprint density at radius 1 is 1.26 bits per heavy atom. The SMILES string of the molecule is CC(c1ccncc1)n1c(=S)[nH]c2ccc(Cl)cc21. The van der Waals surface area contributed by atoms with Crippen molar-refractivity contribution in [3.8, 4) is 0 Å². The molecule has 0 aliphatic rings. The summed E-state index contributed by atoms with van der Waals surface area (Å²) < 4.78 is 2.77. The van der Waals surface area contributed by atoms with Crippen LogP contribution in [-0.4, -0.2) is 14.5 Å². The Hall–Kier alpha value is -1.65. The van der Waals surface area contributed by atoms with Gasteiger partial charge in [0.2, 0.25) is 0 Å². The van der Waals surface area contributed by atoms with Gasteiger partial charge in [-0.25, -0.2) is 0 Å². The fourth-order valence-corrected chi connectivity index (χ4v) is 2.80. The third-order valence-electron chi connectivity index (χ3n) is 3.26. The fraction of sp³-hybridized carbons (Fsp3) is 0.143. The first-order valence-electron chi connectivity index (χ1n) is 5.96. The summed E-state index contributed by atoms with van der Waals surface area (Å²) >= 11 is 11.5. The summed E-state index contributed by atoms with van der Waals surface area (Å²) in [6.45, 7) is 2.11. The molecule has 0 radical (unpaired) electrons. The molecule has 3 aromatic rings. The minimum atomic E-state index is 0.128. The average molecular weight is 290 g/mol. The zero-order chi connectivity index (χ0) is 13.4. The lowest BCUT2D eigenvalue weighted by atomic mass is 10.1. The first-order valence-corrected chi connectivity index (χ1v) is 6.75. The Morgan fingerprint density at radius 3 is 2.74 bits per heavy atom. The van der Waals surface area contributed by atoms with E-state index in [9.17, 15) is 0 Å². The third-order valence-corrected chi connectivity index (χ3v) is 3.79. The van der Waals surface area contributed by atoms with Gasteiger partial charge in [-0.3, -0.25) is 4.98 Å². The van der Waals surface area contributed by atoms with Gasteiger partial charge in [-0.05, 0) is 55.0 Å². The van der Waals surface area contributed by atoms with Crippen LogP contribution in [0, 0.1) is 4.77 Å². The lowest BCUT2D eigenvalue weighted by molar-refractivity contribution is 0.648. The number of aromatic nitrogens is 3. The Labute approximate surface area is 120 Å². The molecule has 1 aromatic carbocycles. The summed E-state index contributed by atoms with van der Waals surface area (Å²) in [5, 5.41) is 0.706. The Morgan fingerprint density at radius 2 is 2.00 bits per heavy atom. The standard InChI is InChI=1S/C14H12ClN3S/c1-9(10-4-6-16-7-5-10)18-13-8-11(15)2-3-12(13)17-14(18)19/h2-9H,1H3,(H,17,19). The lowest BCUT2D eigenvalue weighted by Gasteiger charge is -2.14. The molecule has 0 aliphatic carbocycles. The molecule has 0 aliphatic heterocycles. The smallest absolute Gasteiger partial charge is 0.178 e. The quantitative estimate of drug-likeness (QED) is 0.711. The maximum Gasteiger partial charge on any atom is 0.178 e. The number of nitrogens with zero attached hydrogens (tertiary/aromatic N) is 2. The molecule has 1 N–H and O–H groups in total. The zero-order valence-corrected chi connectivity index (χ0v) is 11.9. The van der Waals surface area contributed by atoms with E-state index in [0.717, 1.165) is 16.6 Å². The van der Waals surface area contributed by atoms with Crippen molar-refractivity contribution >= 4 is 34.9 Å². The number of hydrogen-bond donors (Lipinski definition) is 1. The van der Waals surface area contributed by atoms with E-state index in [1.807, 2.05) is 30.3 Å². The van der Waals surface area contributed by atoms with Gasteiger partial charge in [0.25, 0.3) is 0 Å². The highest BCUT2D eigenvalue weighted by Gasteiger charge is 2.13. The highest BCUT2D eigenvalue weighted by molar-refractivity contribution is 7.71. The van der Waals surface area contributed by atoms with Gasteiger partial charge >= 0.3 is 0 Å². The molecular formula is C14H12ClN3S. The van der Waals surface area contributed by atoms with Crippen molar-refractivity contribution in [1.29, 1.82) is 0 Å². The van der Waals surface area contributed by atoms with Crippen LogP contribution in [-0.2, 0) is 0 Å². The number of nitrogens with one attached hydrogen (secondary N) is 1. The largest absolute Gasteiger partial charge is 0.331 e. The normalized spacial score (nSPS) is 12.7. The number of aromatic amines is 1. The number of pyridine rings is 1. The highest BCUT2D eigenvalue weighted by Crippen LogP contribution is 2.26. The van der Waals surface area contributed by atoms with Crippen molar-refractivity contribution in [3.05, 3.63) is 58.1 Å². The summed E-state index contributed by atoms with van der Waals surface area (Å²) in [6, 6.07) is 9.86. The number of hydrogen-bond acceptors (Lipinski definition) is 2. The van der Waals surface area contributed by atoms with E-state index >= 15 is 0 Å². The molecule has 0 bridgehead atoms. The van der Waals surface area contributed by atoms with E-state index in [0.29, 0.717) is 9.79 Å². The van der Waals surface area contributed by atoms with Crippen molar-refractivity contribution < 1.29 is 0 Å². The first-order chi connectivity index (χ1) is 9.16. The number of halogens is 1. The maximum absolute atomic E-state index is 6.08. The molecule has 1 atom stereocenters. The third kappa shape index (κ3) is 2.17. The van der Waals surface area contributed by atoms with Crippen LogP contribution in [0.1, 0.15) is 18.5 Å². The molecule has 5 heteroatoms. The van der Waals surface area contributed by atoms with Crippen molar-refractivity contribution in [2.45, 2.75) is 13.0 Å². The lowest BCUT2D eigenvalue weighted by Crippen LogP contribution is -2.06. The summed E-state index contributed by atoms with van der Waals surface area (Å²) in [5.74, 6) is 0. The van der Waals surface area contributed by atoms with Crippen LogP contribution in [0.5, 0.6) is 0 Å². The molecule has 96 valence electrons. The molecule has 2 heterocycles. The summed E-state index contributed by atoms with van der Waals surface area (Å²) in [7, 11) is 0. The molecule has 3 nitrogen and oxygen atoms in total. The van der Waals surface area contributed by atoms with Crippen molar-refractivity contribution in [1.82, 2.24) is 14.5 Å². The maximum atomic E-state index is 6.08. The molecule has 19 heavy (non-hydrogen) atoms. The van der Waals surface area contributed by atoms with Gasteiger partial charge in [0, 0.05) is 17.4 Å². The van der Waals surface area contributed by atoms with Crippen LogP contribution in [0.4, 0.5) is 0 Å². The van der Waals surface area contributed by atoms with Gasteiger partial charge in [0.05, 0.1) is 17.1 Å². The van der Waals surface area contributed by atoms with Crippen LogP contribution in [0.15, 0.2) is 42.7 Å². The molecular weight excluding hydrogens is 278 g/mol. The van der Waals surface area contributed by atoms with E-state index in [2.05, 4.69) is 21.5 Å². The molecule has 0 fully saturated rings. The van der Waals surface area contributed by atoms with E-state index < -0.39 is 0 Å². The summed E-state index contributed by atoms with van der Waals surface area (Å²) in [5.41, 5.74) is 3.17. The second-order valence-electron chi connectivity index (χ2n) is 4.42. The van der Waals surface area contributed by atoms with Gasteiger partial charge in [-0.2, -0.15) is 0 Å². The molecule has 0 spiro atoms. The van der Waals surface area contributed by atoms with Crippen LogP contribution in [0.25, 0.3) is 11.0 Å². The van der Waals surface area contributed by atoms with Gasteiger partial charge in [0.15, 0.2) is 4.77 Å². The number of fused-ring (bicyclic) bond motifs is 1. The molecule has 2 aromatic heterocycles. The van der Waals surface area contributed by atoms with Crippen LogP contribution in [0.2, 0.25) is 5.02 Å². The summed E-state index contributed by atoms with van der Waals surface area (Å²) in [6.07, 6.45) is 3.58. The Balaban J connectivity index is 2.22. The second kappa shape index (κ2) is 4.79. The second-order valence-corrected chi connectivity index (χ2v) is 5.24. The van der Waals surface area contributed by atoms with E-state index in [1.54, 1.807) is 12.4 Å². The van der Waals surface area contributed by atoms with Crippen LogP contribution < -0.4 is 0 Å². The number of benzene rings is 1. The van der Waals surface area contributed by atoms with Gasteiger partial charge in [-0.15, -0.1) is 0 Å². The number of H-pyrrole nitrogens is 1. The Bertz CT molecular complexity index is 776. The molecule has 1 unspecified atom stereocenters. The van der Waals surface area contributed by atoms with Crippen LogP contribution in [0.3, 0.4) is 0 Å². The minimum Gasteiger partial charge on any atom is -0.331 e. The fourth-order valence-electron chi connectivity index (χ4n) is 2.27. The predicted molar refractivity (Wildman–Crippen MR) is 80.2 cm³/mol. The highest BCUT2D eigenvalue weighted by atomic mass is 35.5. The first kappa shape index (κ1) is 12.4. The zero-order valence-electron chi connectivity index (χ0n) is 10.3. The average Bonchev–Trinajstić information content (AvgIpc) is 2.74. The molecule has 0 saturated carbocycles. The van der Waals surface area contributed by atoms with E-state index in [1.165, 1.54) is 0 Å². The Kier molecular flexibility index (Phi) is 3.12. The van der Waals surface area contributed by atoms with Gasteiger partial charge < -0.3 is 9.55 Å². The van der Waals surface area contributed by atoms with Gasteiger partial charge in [-0.1, -0.05) is 11.6 Å².